The van der Waals surface area contributed by atoms with Crippen molar-refractivity contribution in [2.75, 3.05) is 31.1 Å². The molecule has 25 heavy (non-hydrogen) atoms. The Morgan fingerprint density at radius 2 is 2.00 bits per heavy atom. The minimum Gasteiger partial charge on any atom is -0.422 e. The maximum absolute atomic E-state index is 14.7. The molecule has 5 nitrogen and oxygen atoms in total. The van der Waals surface area contributed by atoms with E-state index in [1.54, 1.807) is 12.1 Å². The second-order valence-corrected chi connectivity index (χ2v) is 6.19. The molecule has 1 aliphatic heterocycles. The van der Waals surface area contributed by atoms with Crippen LogP contribution >= 0.6 is 0 Å². The van der Waals surface area contributed by atoms with Gasteiger partial charge in [0.2, 0.25) is 0 Å². The third-order valence-corrected chi connectivity index (χ3v) is 4.43. The smallest absolute Gasteiger partial charge is 0.345 e. The molecule has 0 aliphatic carbocycles. The molecule has 0 bridgehead atoms. The fraction of sp³-hybridized carbons (Fsp3) is 0.263. The van der Waals surface area contributed by atoms with Crippen LogP contribution in [0.5, 0.6) is 0 Å². The van der Waals surface area contributed by atoms with Gasteiger partial charge in [0.25, 0.3) is 0 Å². The highest BCUT2D eigenvalue weighted by Crippen LogP contribution is 2.27. The van der Waals surface area contributed by atoms with Crippen LogP contribution < -0.4 is 15.8 Å². The predicted molar refractivity (Wildman–Crippen MR) is 95.5 cm³/mol. The van der Waals surface area contributed by atoms with Crippen molar-refractivity contribution in [2.24, 2.45) is 0 Å². The second kappa shape index (κ2) is 6.29. The summed E-state index contributed by atoms with van der Waals surface area (Å²) in [5.41, 5.74) is 2.02. The van der Waals surface area contributed by atoms with Crippen LogP contribution in [0.4, 0.5) is 10.1 Å². The summed E-state index contributed by atoms with van der Waals surface area (Å²) in [6, 6.07) is 10.1. The SMILES string of the molecule is Cc1cccc(-c2cc3c(F)cc(N4CCNCC4)cc3oc2=O)n1. The van der Waals surface area contributed by atoms with E-state index in [4.69, 9.17) is 4.42 Å². The summed E-state index contributed by atoms with van der Waals surface area (Å²) in [4.78, 5) is 18.8. The van der Waals surface area contributed by atoms with Crippen LogP contribution in [0.1, 0.15) is 5.69 Å². The van der Waals surface area contributed by atoms with E-state index in [9.17, 15) is 9.18 Å². The van der Waals surface area contributed by atoms with Crippen LogP contribution in [0, 0.1) is 12.7 Å². The number of anilines is 1. The first-order valence-electron chi connectivity index (χ1n) is 8.29. The third kappa shape index (κ3) is 3.00. The molecule has 4 rings (SSSR count). The zero-order valence-electron chi connectivity index (χ0n) is 13.9. The average molecular weight is 339 g/mol. The van der Waals surface area contributed by atoms with Gasteiger partial charge in [0, 0.05) is 43.6 Å². The predicted octanol–water partition coefficient (Wildman–Crippen LogP) is 2.71. The summed E-state index contributed by atoms with van der Waals surface area (Å²) >= 11 is 0. The normalized spacial score (nSPS) is 14.9. The Hall–Kier alpha value is -2.73. The Labute approximate surface area is 144 Å². The number of aryl methyl sites for hydroxylation is 1. The summed E-state index contributed by atoms with van der Waals surface area (Å²) < 4.78 is 20.1. The van der Waals surface area contributed by atoms with Gasteiger partial charge in [-0.05, 0) is 31.2 Å². The Morgan fingerprint density at radius 3 is 2.76 bits per heavy atom. The van der Waals surface area contributed by atoms with Gasteiger partial charge >= 0.3 is 5.63 Å². The highest BCUT2D eigenvalue weighted by atomic mass is 19.1. The van der Waals surface area contributed by atoms with Crippen molar-refractivity contribution in [3.05, 3.63) is 58.3 Å². The van der Waals surface area contributed by atoms with E-state index < -0.39 is 11.4 Å². The lowest BCUT2D eigenvalue weighted by Gasteiger charge is -2.29. The molecule has 6 heteroatoms. The van der Waals surface area contributed by atoms with Gasteiger partial charge in [0.15, 0.2) is 0 Å². The molecule has 0 amide bonds. The fourth-order valence-electron chi connectivity index (χ4n) is 3.14. The molecule has 0 atom stereocenters. The fourth-order valence-corrected chi connectivity index (χ4v) is 3.14. The van der Waals surface area contributed by atoms with Crippen molar-refractivity contribution < 1.29 is 8.81 Å². The molecule has 3 aromatic rings. The summed E-state index contributed by atoms with van der Waals surface area (Å²) in [5, 5.41) is 3.55. The molecule has 0 unspecified atom stereocenters. The quantitative estimate of drug-likeness (QED) is 0.728. The van der Waals surface area contributed by atoms with E-state index in [-0.39, 0.29) is 16.5 Å². The van der Waals surface area contributed by atoms with Gasteiger partial charge < -0.3 is 14.6 Å². The largest absolute Gasteiger partial charge is 0.422 e. The lowest BCUT2D eigenvalue weighted by Crippen LogP contribution is -2.43. The van der Waals surface area contributed by atoms with E-state index in [0.29, 0.717) is 5.69 Å². The van der Waals surface area contributed by atoms with Crippen molar-refractivity contribution in [1.29, 1.82) is 0 Å². The highest BCUT2D eigenvalue weighted by Gasteiger charge is 2.16. The number of halogens is 1. The zero-order chi connectivity index (χ0) is 17.4. The van der Waals surface area contributed by atoms with Crippen LogP contribution in [-0.2, 0) is 0 Å². The average Bonchev–Trinajstić information content (AvgIpc) is 2.62. The van der Waals surface area contributed by atoms with Crippen LogP contribution in [0.25, 0.3) is 22.2 Å². The molecule has 1 N–H and O–H groups in total. The lowest BCUT2D eigenvalue weighted by molar-refractivity contribution is 0.555. The van der Waals surface area contributed by atoms with Crippen molar-refractivity contribution in [2.45, 2.75) is 6.92 Å². The van der Waals surface area contributed by atoms with Crippen LogP contribution in [0.2, 0.25) is 0 Å². The Balaban J connectivity index is 1.84. The second-order valence-electron chi connectivity index (χ2n) is 6.19. The molecule has 2 aromatic heterocycles. The number of nitrogens with one attached hydrogen (secondary N) is 1. The molecule has 1 aliphatic rings. The minimum absolute atomic E-state index is 0.259. The Kier molecular flexibility index (Phi) is 3.97. The van der Waals surface area contributed by atoms with Crippen LogP contribution in [0.15, 0.2) is 45.6 Å². The molecule has 0 saturated carbocycles. The summed E-state index contributed by atoms with van der Waals surface area (Å²) in [5.74, 6) is -0.399. The molecule has 1 saturated heterocycles. The molecular formula is C19H18FN3O2. The first kappa shape index (κ1) is 15.8. The summed E-state index contributed by atoms with van der Waals surface area (Å²) in [6.07, 6.45) is 0. The minimum atomic E-state index is -0.512. The van der Waals surface area contributed by atoms with Gasteiger partial charge in [-0.2, -0.15) is 0 Å². The van der Waals surface area contributed by atoms with E-state index in [2.05, 4.69) is 15.2 Å². The standard InChI is InChI=1S/C19H18FN3O2/c1-12-3-2-4-17(22-12)15-11-14-16(20)9-13(10-18(14)25-19(15)24)23-7-5-21-6-8-23/h2-4,9-11,21H,5-8H2,1H3. The number of piperazine rings is 1. The van der Waals surface area contributed by atoms with Crippen LogP contribution in [-0.4, -0.2) is 31.2 Å². The van der Waals surface area contributed by atoms with Gasteiger partial charge in [-0.15, -0.1) is 0 Å². The van der Waals surface area contributed by atoms with Crippen molar-refractivity contribution in [3.63, 3.8) is 0 Å². The molecule has 128 valence electrons. The number of rotatable bonds is 2. The van der Waals surface area contributed by atoms with Crippen molar-refractivity contribution in [1.82, 2.24) is 10.3 Å². The number of benzene rings is 1. The van der Waals surface area contributed by atoms with E-state index in [1.807, 2.05) is 19.1 Å². The number of hydrogen-bond donors (Lipinski definition) is 1. The van der Waals surface area contributed by atoms with Crippen LogP contribution in [0.3, 0.4) is 0 Å². The summed E-state index contributed by atoms with van der Waals surface area (Å²) in [6.45, 7) is 5.12. The lowest BCUT2D eigenvalue weighted by atomic mass is 10.1. The van der Waals surface area contributed by atoms with Gasteiger partial charge in [-0.3, -0.25) is 4.98 Å². The molecule has 3 heterocycles. The van der Waals surface area contributed by atoms with E-state index >= 15 is 0 Å². The molecule has 0 radical (unpaired) electrons. The topological polar surface area (TPSA) is 58.4 Å². The first-order chi connectivity index (χ1) is 12.1. The first-order valence-corrected chi connectivity index (χ1v) is 8.29. The van der Waals surface area contributed by atoms with E-state index in [0.717, 1.165) is 37.6 Å². The third-order valence-electron chi connectivity index (χ3n) is 4.43. The van der Waals surface area contributed by atoms with Gasteiger partial charge in [0.05, 0.1) is 16.6 Å². The van der Waals surface area contributed by atoms with Gasteiger partial charge in [-0.25, -0.2) is 9.18 Å². The van der Waals surface area contributed by atoms with Gasteiger partial charge in [-0.1, -0.05) is 6.07 Å². The number of fused-ring (bicyclic) bond motifs is 1. The maximum atomic E-state index is 14.7. The number of nitrogens with zero attached hydrogens (tertiary/aromatic N) is 2. The number of hydrogen-bond acceptors (Lipinski definition) is 5. The highest BCUT2D eigenvalue weighted by molar-refractivity contribution is 5.84. The Bertz CT molecular complexity index is 994. The van der Waals surface area contributed by atoms with Crippen molar-refractivity contribution in [3.8, 4) is 11.3 Å². The van der Waals surface area contributed by atoms with E-state index in [1.165, 1.54) is 12.1 Å². The number of aromatic nitrogens is 1. The monoisotopic (exact) mass is 339 g/mol. The molecular weight excluding hydrogens is 321 g/mol. The van der Waals surface area contributed by atoms with Crippen molar-refractivity contribution >= 4 is 16.7 Å². The Morgan fingerprint density at radius 1 is 1.20 bits per heavy atom. The number of pyridine rings is 1. The maximum Gasteiger partial charge on any atom is 0.345 e. The molecule has 0 spiro atoms. The summed E-state index contributed by atoms with van der Waals surface area (Å²) in [7, 11) is 0. The van der Waals surface area contributed by atoms with Gasteiger partial charge in [0.1, 0.15) is 11.4 Å². The molecule has 1 fully saturated rings. The molecule has 1 aromatic carbocycles. The zero-order valence-corrected chi connectivity index (χ0v) is 13.9.